The molecule has 1 N–H and O–H groups in total. The molecule has 0 fully saturated rings. The van der Waals surface area contributed by atoms with Crippen molar-refractivity contribution in [3.63, 3.8) is 0 Å². The van der Waals surface area contributed by atoms with E-state index in [9.17, 15) is 13.2 Å². The zero-order chi connectivity index (χ0) is 24.0. The van der Waals surface area contributed by atoms with Crippen molar-refractivity contribution >= 4 is 27.3 Å². The van der Waals surface area contributed by atoms with Gasteiger partial charge in [-0.3, -0.25) is 9.10 Å². The van der Waals surface area contributed by atoms with Crippen molar-refractivity contribution in [3.05, 3.63) is 72.3 Å². The minimum Gasteiger partial charge on any atom is -0.497 e. The molecular weight excluding hydrogens is 444 g/mol. The summed E-state index contributed by atoms with van der Waals surface area (Å²) < 4.78 is 44.4. The van der Waals surface area contributed by atoms with Crippen LogP contribution in [0, 0.1) is 6.92 Å². The van der Waals surface area contributed by atoms with Gasteiger partial charge in [-0.25, -0.2) is 8.42 Å². The highest BCUT2D eigenvalue weighted by Gasteiger charge is 2.30. The van der Waals surface area contributed by atoms with Gasteiger partial charge in [0.2, 0.25) is 5.91 Å². The van der Waals surface area contributed by atoms with E-state index in [-0.39, 0.29) is 16.3 Å². The van der Waals surface area contributed by atoms with Crippen molar-refractivity contribution in [3.8, 4) is 17.2 Å². The topological polar surface area (TPSA) is 94.2 Å². The van der Waals surface area contributed by atoms with Gasteiger partial charge in [0.05, 0.1) is 32.7 Å². The number of carbonyl (C=O) groups is 1. The Labute approximate surface area is 193 Å². The standard InChI is InChI=1S/C24H26N2O6S/c1-17-12-13-22(32-4)23(14-17)33(28,29)26(18-8-7-9-19(15-18)30-2)16-24(27)25-20-10-5-6-11-21(20)31-3/h5-15H,16H2,1-4H3,(H,25,27). The van der Waals surface area contributed by atoms with Crippen molar-refractivity contribution < 1.29 is 27.4 Å². The van der Waals surface area contributed by atoms with Crippen LogP contribution in [-0.4, -0.2) is 42.2 Å². The molecular formula is C24H26N2O6S. The van der Waals surface area contributed by atoms with Crippen molar-refractivity contribution in [2.75, 3.05) is 37.5 Å². The number of carbonyl (C=O) groups excluding carboxylic acids is 1. The predicted octanol–water partition coefficient (Wildman–Crippen LogP) is 3.85. The minimum atomic E-state index is -4.19. The Morgan fingerprint density at radius 2 is 1.61 bits per heavy atom. The summed E-state index contributed by atoms with van der Waals surface area (Å²) in [6, 6.07) is 18.2. The Morgan fingerprint density at radius 1 is 0.879 bits per heavy atom. The number of hydrogen-bond acceptors (Lipinski definition) is 6. The number of ether oxygens (including phenoxy) is 3. The van der Waals surface area contributed by atoms with E-state index in [4.69, 9.17) is 14.2 Å². The Kier molecular flexibility index (Phi) is 7.44. The van der Waals surface area contributed by atoms with E-state index in [1.807, 2.05) is 0 Å². The molecule has 0 aliphatic heterocycles. The van der Waals surface area contributed by atoms with Crippen molar-refractivity contribution in [2.45, 2.75) is 11.8 Å². The van der Waals surface area contributed by atoms with Gasteiger partial charge in [-0.1, -0.05) is 24.3 Å². The highest BCUT2D eigenvalue weighted by Crippen LogP contribution is 2.32. The van der Waals surface area contributed by atoms with Gasteiger partial charge in [-0.15, -0.1) is 0 Å². The van der Waals surface area contributed by atoms with Gasteiger partial charge < -0.3 is 19.5 Å². The van der Waals surface area contributed by atoms with Gasteiger partial charge >= 0.3 is 0 Å². The van der Waals surface area contributed by atoms with Crippen LogP contribution in [0.1, 0.15) is 5.56 Å². The van der Waals surface area contributed by atoms with Gasteiger partial charge in [-0.2, -0.15) is 0 Å². The van der Waals surface area contributed by atoms with Crippen LogP contribution in [0.4, 0.5) is 11.4 Å². The number of nitrogens with one attached hydrogen (secondary N) is 1. The number of benzene rings is 3. The van der Waals surface area contributed by atoms with E-state index < -0.39 is 22.5 Å². The second-order valence-corrected chi connectivity index (χ2v) is 8.95. The van der Waals surface area contributed by atoms with Crippen LogP contribution < -0.4 is 23.8 Å². The maximum atomic E-state index is 13.8. The Bertz CT molecular complexity index is 1240. The third kappa shape index (κ3) is 5.38. The SMILES string of the molecule is COc1cccc(N(CC(=O)Nc2ccccc2OC)S(=O)(=O)c2cc(C)ccc2OC)c1. The molecule has 174 valence electrons. The highest BCUT2D eigenvalue weighted by atomic mass is 32.2. The summed E-state index contributed by atoms with van der Waals surface area (Å²) in [5, 5.41) is 2.72. The van der Waals surface area contributed by atoms with Gasteiger partial charge in [0.1, 0.15) is 28.7 Å². The smallest absolute Gasteiger partial charge is 0.268 e. The van der Waals surface area contributed by atoms with Crippen LogP contribution in [0.3, 0.4) is 0 Å². The Morgan fingerprint density at radius 3 is 2.30 bits per heavy atom. The third-order valence-electron chi connectivity index (χ3n) is 4.90. The predicted molar refractivity (Wildman–Crippen MR) is 127 cm³/mol. The number of aryl methyl sites for hydroxylation is 1. The molecule has 0 bridgehead atoms. The first-order valence-corrected chi connectivity index (χ1v) is 11.5. The van der Waals surface area contributed by atoms with Crippen LogP contribution in [-0.2, 0) is 14.8 Å². The van der Waals surface area contributed by atoms with E-state index in [2.05, 4.69) is 5.32 Å². The van der Waals surface area contributed by atoms with E-state index in [1.165, 1.54) is 27.4 Å². The molecule has 9 heteroatoms. The highest BCUT2D eigenvalue weighted by molar-refractivity contribution is 7.93. The number of rotatable bonds is 9. The molecule has 0 saturated heterocycles. The van der Waals surface area contributed by atoms with Crippen LogP contribution in [0.25, 0.3) is 0 Å². The molecule has 0 aliphatic rings. The lowest BCUT2D eigenvalue weighted by atomic mass is 10.2. The maximum Gasteiger partial charge on any atom is 0.268 e. The zero-order valence-corrected chi connectivity index (χ0v) is 19.7. The van der Waals surface area contributed by atoms with E-state index >= 15 is 0 Å². The molecule has 0 aromatic heterocycles. The normalized spacial score (nSPS) is 10.9. The monoisotopic (exact) mass is 470 g/mol. The molecule has 0 saturated carbocycles. The number of para-hydroxylation sites is 2. The molecule has 0 atom stereocenters. The summed E-state index contributed by atoms with van der Waals surface area (Å²) in [5.74, 6) is 0.548. The first kappa shape index (κ1) is 23.9. The fourth-order valence-corrected chi connectivity index (χ4v) is 4.91. The molecule has 0 radical (unpaired) electrons. The van der Waals surface area contributed by atoms with Gasteiger partial charge in [0, 0.05) is 6.07 Å². The number of methoxy groups -OCH3 is 3. The summed E-state index contributed by atoms with van der Waals surface area (Å²) in [4.78, 5) is 12.9. The number of nitrogens with zero attached hydrogens (tertiary/aromatic N) is 1. The molecule has 3 aromatic carbocycles. The van der Waals surface area contributed by atoms with Crippen molar-refractivity contribution in [1.82, 2.24) is 0 Å². The first-order chi connectivity index (χ1) is 15.8. The quantitative estimate of drug-likeness (QED) is 0.511. The molecule has 0 heterocycles. The van der Waals surface area contributed by atoms with Crippen LogP contribution >= 0.6 is 0 Å². The summed E-state index contributed by atoms with van der Waals surface area (Å²) in [5.41, 5.74) is 1.44. The van der Waals surface area contributed by atoms with Crippen LogP contribution in [0.2, 0.25) is 0 Å². The van der Waals surface area contributed by atoms with Crippen molar-refractivity contribution in [1.29, 1.82) is 0 Å². The minimum absolute atomic E-state index is 0.0436. The molecule has 1 amide bonds. The number of sulfonamides is 1. The first-order valence-electron chi connectivity index (χ1n) is 10.0. The lowest BCUT2D eigenvalue weighted by Gasteiger charge is -2.25. The number of hydrogen-bond donors (Lipinski definition) is 1. The molecule has 0 spiro atoms. The van der Waals surface area contributed by atoms with Crippen LogP contribution in [0.5, 0.6) is 17.2 Å². The summed E-state index contributed by atoms with van der Waals surface area (Å²) in [7, 11) is 0.180. The van der Waals surface area contributed by atoms with E-state index in [0.29, 0.717) is 17.2 Å². The molecule has 8 nitrogen and oxygen atoms in total. The zero-order valence-electron chi connectivity index (χ0n) is 18.9. The van der Waals surface area contributed by atoms with Crippen LogP contribution in [0.15, 0.2) is 71.6 Å². The molecule has 3 aromatic rings. The maximum absolute atomic E-state index is 13.8. The molecule has 0 aliphatic carbocycles. The van der Waals surface area contributed by atoms with E-state index in [1.54, 1.807) is 67.6 Å². The summed E-state index contributed by atoms with van der Waals surface area (Å²) in [6.07, 6.45) is 0. The lowest BCUT2D eigenvalue weighted by Crippen LogP contribution is -2.38. The number of anilines is 2. The average Bonchev–Trinajstić information content (AvgIpc) is 2.82. The van der Waals surface area contributed by atoms with Gasteiger partial charge in [-0.05, 0) is 48.9 Å². The summed E-state index contributed by atoms with van der Waals surface area (Å²) in [6.45, 7) is 1.30. The lowest BCUT2D eigenvalue weighted by molar-refractivity contribution is -0.114. The Hall–Kier alpha value is -3.72. The molecule has 33 heavy (non-hydrogen) atoms. The largest absolute Gasteiger partial charge is 0.497 e. The van der Waals surface area contributed by atoms with Gasteiger partial charge in [0.15, 0.2) is 0 Å². The molecule has 0 unspecified atom stereocenters. The molecule has 3 rings (SSSR count). The summed E-state index contributed by atoms with van der Waals surface area (Å²) >= 11 is 0. The van der Waals surface area contributed by atoms with Gasteiger partial charge in [0.25, 0.3) is 10.0 Å². The third-order valence-corrected chi connectivity index (χ3v) is 6.69. The second-order valence-electron chi connectivity index (χ2n) is 7.12. The van der Waals surface area contributed by atoms with Crippen molar-refractivity contribution in [2.24, 2.45) is 0 Å². The average molecular weight is 471 g/mol. The fourth-order valence-electron chi connectivity index (χ4n) is 3.25. The second kappa shape index (κ2) is 10.3. The van der Waals surface area contributed by atoms with E-state index in [0.717, 1.165) is 9.87 Å². The number of amides is 1. The fraction of sp³-hybridized carbons (Fsp3) is 0.208. The Balaban J connectivity index is 2.05.